The van der Waals surface area contributed by atoms with Gasteiger partial charge in [0.1, 0.15) is 12.7 Å². The van der Waals surface area contributed by atoms with Crippen molar-refractivity contribution in [2.24, 2.45) is 0 Å². The van der Waals surface area contributed by atoms with E-state index in [0.29, 0.717) is 57.6 Å². The second kappa shape index (κ2) is 76.4. The first-order valence-electron chi connectivity index (χ1n) is 29.7. The molecular formula is C62H125N5O13. The molecule has 0 bridgehead atoms. The van der Waals surface area contributed by atoms with Gasteiger partial charge in [-0.2, -0.15) is 0 Å². The van der Waals surface area contributed by atoms with Crippen molar-refractivity contribution in [2.45, 2.75) is 229 Å². The van der Waals surface area contributed by atoms with Crippen molar-refractivity contribution in [3.8, 4) is 0 Å². The van der Waals surface area contributed by atoms with E-state index in [4.69, 9.17) is 19.3 Å². The number of amides is 2. The molecule has 0 fully saturated rings. The SMILES string of the molecule is C.C=C.C=C(C)C(=O)OCC(O)CN(C)CCC.CCCCCCCC(=O)OCCCCCC(=O)N(C)CCC.CCCCCCCC(=O)OCCCCCC(=O)[O-].CCCN(C)C(=O)C=CC(=O)O.CCCNC.CCC[NH2+]C. The minimum atomic E-state index is -1.10. The molecule has 0 rings (SSSR count). The number of quaternary nitrogens is 1. The highest BCUT2D eigenvalue weighted by Gasteiger charge is 2.12. The Hall–Kier alpha value is -4.65. The number of carbonyl (C=O) groups is 7. The standard InChI is InChI=1S/C18H35NO3.C14H26O4.C11H21NO3.C8H13NO3.2C4H11N.C2H4.CH4/c1-4-6-7-8-11-14-18(21)22-16-12-9-10-13-17(20)19(3)15-5-2;1-2-3-4-5-8-11-14(17)18-12-9-6-7-10-13(15)16;1-5-6-12(4)7-10(13)8-15-11(14)9(2)3;1-3-6-9(2)7(10)4-5-8(11)12;2*1-3-4-5-2;1-2;/h4-16H2,1-3H3;2-12H2,1H3,(H,15,16);10,13H,2,5-8H2,1,3-4H3;4-5H,3,6H2,1-2H3,(H,11,12);2*5H,3-4H2,1-2H3;1-2H2;1H4. The lowest BCUT2D eigenvalue weighted by Gasteiger charge is -2.19. The quantitative estimate of drug-likeness (QED) is 0.0146. The number of carboxylic acids is 2. The molecule has 0 saturated heterocycles. The Labute approximate surface area is 489 Å². The lowest BCUT2D eigenvalue weighted by atomic mass is 10.1. The summed E-state index contributed by atoms with van der Waals surface area (Å²) in [5.41, 5.74) is 0.351. The average Bonchev–Trinajstić information content (AvgIpc) is 3.41. The summed E-state index contributed by atoms with van der Waals surface area (Å²) in [4.78, 5) is 81.9. The maximum Gasteiger partial charge on any atom is 0.333 e. The number of hydrogen-bond donors (Lipinski definition) is 4. The zero-order valence-electron chi connectivity index (χ0n) is 52.7. The topological polar surface area (TPSA) is 249 Å². The molecule has 18 nitrogen and oxygen atoms in total. The summed E-state index contributed by atoms with van der Waals surface area (Å²) in [5, 5.41) is 33.1. The van der Waals surface area contributed by atoms with Crippen molar-refractivity contribution in [1.29, 1.82) is 0 Å². The first-order valence-corrected chi connectivity index (χ1v) is 29.7. The molecule has 0 saturated carbocycles. The summed E-state index contributed by atoms with van der Waals surface area (Å²) in [6.45, 7) is 32.0. The third-order valence-electron chi connectivity index (χ3n) is 10.8. The number of likely N-dealkylation sites (N-methyl/N-ethyl adjacent to an activating group) is 2. The van der Waals surface area contributed by atoms with Crippen molar-refractivity contribution >= 4 is 41.7 Å². The molecule has 5 N–H and O–H groups in total. The van der Waals surface area contributed by atoms with Crippen molar-refractivity contribution in [3.05, 3.63) is 37.5 Å². The van der Waals surface area contributed by atoms with Gasteiger partial charge in [-0.15, -0.1) is 13.2 Å². The molecule has 18 heteroatoms. The van der Waals surface area contributed by atoms with Crippen molar-refractivity contribution < 1.29 is 68.4 Å². The molecule has 0 aliphatic heterocycles. The molecule has 0 aliphatic carbocycles. The average molecular weight is 1150 g/mol. The number of aliphatic hydroxyl groups excluding tert-OH is 1. The molecule has 0 heterocycles. The van der Waals surface area contributed by atoms with E-state index in [0.717, 1.165) is 109 Å². The smallest absolute Gasteiger partial charge is 0.333 e. The fourth-order valence-electron chi connectivity index (χ4n) is 6.45. The Bertz CT molecular complexity index is 1440. The number of hydrogen-bond acceptors (Lipinski definition) is 14. The third-order valence-corrected chi connectivity index (χ3v) is 10.8. The van der Waals surface area contributed by atoms with E-state index >= 15 is 0 Å². The van der Waals surface area contributed by atoms with Gasteiger partial charge in [-0.1, -0.05) is 114 Å². The monoisotopic (exact) mass is 1150 g/mol. The van der Waals surface area contributed by atoms with E-state index in [2.05, 4.69) is 79.0 Å². The molecule has 476 valence electrons. The van der Waals surface area contributed by atoms with Crippen LogP contribution in [0.15, 0.2) is 37.5 Å². The lowest BCUT2D eigenvalue weighted by Crippen LogP contribution is -2.79. The van der Waals surface area contributed by atoms with E-state index in [-0.39, 0.29) is 44.2 Å². The van der Waals surface area contributed by atoms with E-state index in [9.17, 15) is 43.8 Å². The number of carboxylic acid groups (broad SMARTS) is 2. The van der Waals surface area contributed by atoms with E-state index in [1.807, 2.05) is 33.0 Å². The van der Waals surface area contributed by atoms with Crippen LogP contribution in [0.2, 0.25) is 0 Å². The van der Waals surface area contributed by atoms with E-state index < -0.39 is 24.0 Å². The van der Waals surface area contributed by atoms with Gasteiger partial charge in [-0.05, 0) is 124 Å². The van der Waals surface area contributed by atoms with Gasteiger partial charge in [0, 0.05) is 76.7 Å². The number of esters is 3. The normalized spacial score (nSPS) is 10.2. The van der Waals surface area contributed by atoms with Gasteiger partial charge < -0.3 is 59.7 Å². The van der Waals surface area contributed by atoms with Gasteiger partial charge in [-0.25, -0.2) is 9.59 Å². The molecular weight excluding hydrogens is 1020 g/mol. The van der Waals surface area contributed by atoms with Crippen LogP contribution < -0.4 is 15.7 Å². The number of ether oxygens (including phenoxy) is 3. The van der Waals surface area contributed by atoms with Crippen LogP contribution in [0, 0.1) is 0 Å². The summed E-state index contributed by atoms with van der Waals surface area (Å²) in [6, 6.07) is 0. The predicted molar refractivity (Wildman–Crippen MR) is 328 cm³/mol. The Morgan fingerprint density at radius 1 is 0.600 bits per heavy atom. The number of unbranched alkanes of at least 4 members (excludes halogenated alkanes) is 12. The molecule has 0 aromatic rings. The van der Waals surface area contributed by atoms with Crippen LogP contribution in [0.5, 0.6) is 0 Å². The fourth-order valence-corrected chi connectivity index (χ4v) is 6.45. The maximum absolute atomic E-state index is 11.7. The highest BCUT2D eigenvalue weighted by molar-refractivity contribution is 5.93. The molecule has 0 spiro atoms. The Morgan fingerprint density at radius 3 is 1.40 bits per heavy atom. The number of nitrogens with one attached hydrogen (secondary N) is 1. The number of nitrogens with zero attached hydrogens (tertiary/aromatic N) is 3. The van der Waals surface area contributed by atoms with Crippen molar-refractivity contribution in [2.75, 3.05) is 94.3 Å². The number of carbonyl (C=O) groups excluding carboxylic acids is 6. The Morgan fingerprint density at radius 2 is 1.04 bits per heavy atom. The van der Waals surface area contributed by atoms with Gasteiger partial charge in [-0.3, -0.25) is 19.2 Å². The molecule has 0 aliphatic rings. The zero-order valence-corrected chi connectivity index (χ0v) is 52.7. The summed E-state index contributed by atoms with van der Waals surface area (Å²) in [6.07, 6.45) is 24.5. The molecule has 2 amide bonds. The first kappa shape index (κ1) is 91.8. The summed E-state index contributed by atoms with van der Waals surface area (Å²) in [7, 11) is 9.46. The highest BCUT2D eigenvalue weighted by atomic mass is 16.5. The molecule has 0 aromatic heterocycles. The van der Waals surface area contributed by atoms with Crippen LogP contribution in [-0.4, -0.2) is 167 Å². The van der Waals surface area contributed by atoms with Crippen molar-refractivity contribution in [3.63, 3.8) is 0 Å². The second-order valence-corrected chi connectivity index (χ2v) is 19.1. The number of aliphatic carboxylic acids is 2. The minimum Gasteiger partial charge on any atom is -0.550 e. The summed E-state index contributed by atoms with van der Waals surface area (Å²) >= 11 is 0. The first-order chi connectivity index (χ1) is 37.6. The Kier molecular flexibility index (Phi) is 87.7. The third kappa shape index (κ3) is 87.2. The zero-order chi connectivity index (χ0) is 61.9. The molecule has 1 atom stereocenters. The minimum absolute atomic E-state index is 0. The van der Waals surface area contributed by atoms with E-state index in [1.54, 1.807) is 18.9 Å². The number of aliphatic hydroxyl groups is 1. The van der Waals surface area contributed by atoms with Crippen LogP contribution in [0.25, 0.3) is 0 Å². The van der Waals surface area contributed by atoms with Gasteiger partial charge >= 0.3 is 23.9 Å². The van der Waals surface area contributed by atoms with Crippen molar-refractivity contribution in [1.82, 2.24) is 20.0 Å². The molecule has 0 aromatic carbocycles. The number of nitrogens with two attached hydrogens (primary N) is 1. The van der Waals surface area contributed by atoms with Gasteiger partial charge in [0.25, 0.3) is 0 Å². The summed E-state index contributed by atoms with van der Waals surface area (Å²) < 4.78 is 15.1. The second-order valence-electron chi connectivity index (χ2n) is 19.1. The van der Waals surface area contributed by atoms with Gasteiger partial charge in [0.2, 0.25) is 11.8 Å². The largest absolute Gasteiger partial charge is 0.550 e. The van der Waals surface area contributed by atoms with Crippen LogP contribution >= 0.6 is 0 Å². The van der Waals surface area contributed by atoms with Crippen LogP contribution in [0.4, 0.5) is 0 Å². The fraction of sp³-hybridized carbons (Fsp3) is 0.790. The summed E-state index contributed by atoms with van der Waals surface area (Å²) in [5.74, 6) is -2.84. The highest BCUT2D eigenvalue weighted by Crippen LogP contribution is 2.09. The molecule has 1 unspecified atom stereocenters. The van der Waals surface area contributed by atoms with Crippen LogP contribution in [-0.2, 0) is 47.8 Å². The van der Waals surface area contributed by atoms with Gasteiger partial charge in [0.05, 0.1) is 26.8 Å². The van der Waals surface area contributed by atoms with E-state index in [1.165, 1.54) is 62.8 Å². The van der Waals surface area contributed by atoms with Crippen LogP contribution in [0.1, 0.15) is 223 Å². The van der Waals surface area contributed by atoms with Crippen LogP contribution in [0.3, 0.4) is 0 Å². The molecule has 80 heavy (non-hydrogen) atoms. The predicted octanol–water partition coefficient (Wildman–Crippen LogP) is 9.47. The maximum atomic E-state index is 11.7. The molecule has 0 radical (unpaired) electrons. The lowest BCUT2D eigenvalue weighted by molar-refractivity contribution is -0.626. The van der Waals surface area contributed by atoms with Gasteiger partial charge in [0.15, 0.2) is 0 Å². The number of rotatable bonds is 41. The Balaban J connectivity index is -0.000000136.